The molecule has 15 N–H and O–H groups in total. The number of nitrogens with zero attached hydrogens (tertiary/aromatic N) is 2. The number of aliphatic hydroxyl groups is 1. The third-order valence-electron chi connectivity index (χ3n) is 16.6. The number of phenolic OH excluding ortho intramolecular Hbond substituents is 3. The number of hydrogen-bond donors (Lipinski definition) is 14. The van der Waals surface area contributed by atoms with Crippen molar-refractivity contribution in [1.29, 1.82) is 0 Å². The molecule has 0 spiro atoms. The molecule has 1 fully saturated rings. The number of phenols is 3. The lowest BCUT2D eigenvalue weighted by Crippen LogP contribution is -2.60. The van der Waals surface area contributed by atoms with Crippen LogP contribution in [-0.4, -0.2) is 193 Å². The Labute approximate surface area is 561 Å². The average molecular weight is 1340 g/mol. The van der Waals surface area contributed by atoms with Crippen molar-refractivity contribution in [2.24, 2.45) is 17.6 Å². The maximum atomic E-state index is 15.0. The van der Waals surface area contributed by atoms with Crippen LogP contribution in [0.15, 0.2) is 103 Å². The van der Waals surface area contributed by atoms with Crippen LogP contribution in [-0.2, 0) is 83.2 Å². The topological polar surface area (TPSA) is 438 Å². The van der Waals surface area contributed by atoms with E-state index in [0.29, 0.717) is 46.0 Å². The summed E-state index contributed by atoms with van der Waals surface area (Å²) in [5.74, 6) is -12.8. The molecule has 2 unspecified atom stereocenters. The largest absolute Gasteiger partial charge is 0.508 e. The van der Waals surface area contributed by atoms with E-state index >= 15 is 0 Å². The van der Waals surface area contributed by atoms with Crippen LogP contribution in [0.4, 0.5) is 0 Å². The van der Waals surface area contributed by atoms with Gasteiger partial charge in [0.05, 0.1) is 37.2 Å². The summed E-state index contributed by atoms with van der Waals surface area (Å²) in [5.41, 5.74) is 11.2. The fourth-order valence-electron chi connectivity index (χ4n) is 11.3. The number of carboxylic acids is 1. The number of carboxylic acid groups (broad SMARTS) is 1. The first-order chi connectivity index (χ1) is 46.2. The van der Waals surface area contributed by atoms with Crippen LogP contribution >= 0.6 is 0 Å². The summed E-state index contributed by atoms with van der Waals surface area (Å²) in [7, 11) is 0. The van der Waals surface area contributed by atoms with Gasteiger partial charge in [0, 0.05) is 82.8 Å². The summed E-state index contributed by atoms with van der Waals surface area (Å²) < 4.78 is 0. The van der Waals surface area contributed by atoms with Gasteiger partial charge in [-0.05, 0) is 116 Å². The summed E-state index contributed by atoms with van der Waals surface area (Å²) in [6.45, 7) is 4.43. The number of para-hydroxylation sites is 1. The molecule has 0 aliphatic carbocycles. The highest BCUT2D eigenvalue weighted by Gasteiger charge is 2.38. The fraction of sp³-hybridized carbons (Fsp3) is 0.449. The molecule has 1 aromatic heterocycles. The van der Waals surface area contributed by atoms with Crippen molar-refractivity contribution in [3.63, 3.8) is 0 Å². The predicted octanol–water partition coefficient (Wildman–Crippen LogP) is 1.23. The first-order valence-corrected chi connectivity index (χ1v) is 32.3. The van der Waals surface area contributed by atoms with Crippen molar-refractivity contribution in [2.75, 3.05) is 39.3 Å². The van der Waals surface area contributed by atoms with Crippen LogP contribution < -0.4 is 43.1 Å². The Morgan fingerprint density at radius 1 is 0.619 bits per heavy atom. The predicted molar refractivity (Wildman–Crippen MR) is 355 cm³/mol. The molecule has 0 radical (unpaired) electrons. The molecule has 1 aliphatic heterocycles. The van der Waals surface area contributed by atoms with Gasteiger partial charge >= 0.3 is 5.97 Å². The van der Waals surface area contributed by atoms with Crippen LogP contribution in [0.2, 0.25) is 0 Å². The summed E-state index contributed by atoms with van der Waals surface area (Å²) in [4.78, 5) is 172. The monoisotopic (exact) mass is 1340 g/mol. The normalized spacial score (nSPS) is 20.3. The molecule has 1 saturated heterocycles. The number of H-pyrrole nitrogens is 1. The SMILES string of the molecule is CC(=O)C(=O)[C@H](Cc1ccc(O)cc1)NC[C@H]1CCCCN(C(C)=O)CCCCN(CC(=O)N[C@@H](Cc2ccc(O)cc2)C(=O)O)N[C@@H](CC(C)C)C(=O)C(=O)C(Cc2ccc(O)cc2)NC(=O)[C@H](CCC(N)=O)NC(=O)C(CO)NC(=O)[C@H](Cc2c[nH]c3ccccc23)NC1=O. The van der Waals surface area contributed by atoms with Gasteiger partial charge in [-0.15, -0.1) is 0 Å². The second-order valence-electron chi connectivity index (χ2n) is 24.8. The van der Waals surface area contributed by atoms with Crippen molar-refractivity contribution in [2.45, 2.75) is 147 Å². The molecule has 28 heteroatoms. The smallest absolute Gasteiger partial charge is 0.326 e. The average Bonchev–Trinajstić information content (AvgIpc) is 1.78. The Bertz CT molecular complexity index is 3560. The number of nitrogens with two attached hydrogens (primary N) is 1. The number of aromatic amines is 1. The van der Waals surface area contributed by atoms with Crippen LogP contribution in [0.3, 0.4) is 0 Å². The number of aromatic nitrogens is 1. The summed E-state index contributed by atoms with van der Waals surface area (Å²) >= 11 is 0. The second-order valence-corrected chi connectivity index (χ2v) is 24.8. The van der Waals surface area contributed by atoms with Crippen molar-refractivity contribution in [3.8, 4) is 17.2 Å². The van der Waals surface area contributed by atoms with Gasteiger partial charge in [-0.1, -0.05) is 74.9 Å². The number of ketones is 4. The standard InChI is InChI=1S/C69H89N11O17/c1-40(2)31-56-64(91)63(90)55(33-44-16-22-49(85)23-17-44)75-66(93)53(26-27-60(70)87)74-68(95)59(39-81)77-67(94)57(35-47-37-71-52-13-6-5-12-51(47)52)76-65(92)46(36-72-54(62(89)41(3)82)32-43-14-20-48(84)21-15-43)11-7-8-28-79(42(4)83)29-9-10-30-80(78-56)38-61(88)73-58(69(96)97)34-45-18-24-50(86)25-19-45/h5-6,12-25,37,40,46,53-59,71-72,78,81,84-86H,7-11,26-36,38-39H2,1-4H3,(H2,70,87)(H,73,88)(H,74,95)(H,75,93)(H,76,92)(H,77,94)(H,96,97)/t46-,53+,54+,55?,56+,57+,58+,59?/m1/s1. The van der Waals surface area contributed by atoms with Crippen molar-refractivity contribution < 1.29 is 83.1 Å². The third-order valence-corrected chi connectivity index (χ3v) is 16.6. The number of carbonyl (C=O) groups excluding carboxylic acids is 11. The highest BCUT2D eigenvalue weighted by molar-refractivity contribution is 6.41. The maximum absolute atomic E-state index is 15.0. The van der Waals surface area contributed by atoms with Gasteiger partial charge in [-0.2, -0.15) is 0 Å². The fourth-order valence-corrected chi connectivity index (χ4v) is 11.3. The van der Waals surface area contributed by atoms with Crippen molar-refractivity contribution in [1.82, 2.24) is 52.2 Å². The van der Waals surface area contributed by atoms with E-state index in [-0.39, 0.29) is 107 Å². The molecule has 1 aliphatic rings. The Kier molecular flexibility index (Phi) is 29.4. The van der Waals surface area contributed by atoms with E-state index in [4.69, 9.17) is 5.73 Å². The second kappa shape index (κ2) is 37.4. The van der Waals surface area contributed by atoms with Gasteiger partial charge in [-0.3, -0.25) is 52.7 Å². The molecule has 2 heterocycles. The summed E-state index contributed by atoms with van der Waals surface area (Å²) in [5, 5.41) is 69.0. The van der Waals surface area contributed by atoms with Gasteiger partial charge in [0.2, 0.25) is 58.7 Å². The molecule has 97 heavy (non-hydrogen) atoms. The van der Waals surface area contributed by atoms with Gasteiger partial charge in [-0.25, -0.2) is 15.2 Å². The summed E-state index contributed by atoms with van der Waals surface area (Å²) in [6.07, 6.45) is 0.976. The molecule has 0 saturated carbocycles. The number of carbonyl (C=O) groups is 12. The van der Waals surface area contributed by atoms with Crippen LogP contribution in [0, 0.1) is 11.8 Å². The number of benzene rings is 4. The Hall–Kier alpha value is -9.90. The Balaban J connectivity index is 1.40. The molecule has 0 bridgehead atoms. The maximum Gasteiger partial charge on any atom is 0.326 e. The van der Waals surface area contributed by atoms with E-state index in [1.54, 1.807) is 61.3 Å². The number of hydrogen-bond acceptors (Lipinski definition) is 19. The minimum atomic E-state index is -1.86. The first-order valence-electron chi connectivity index (χ1n) is 32.3. The van der Waals surface area contributed by atoms with Gasteiger partial charge in [0.25, 0.3) is 0 Å². The van der Waals surface area contributed by atoms with E-state index < -0.39 is 139 Å². The van der Waals surface area contributed by atoms with Crippen molar-refractivity contribution in [3.05, 3.63) is 126 Å². The molecule has 5 aromatic rings. The number of primary amides is 1. The molecule has 4 aromatic carbocycles. The lowest BCUT2D eigenvalue weighted by molar-refractivity contribution is -0.142. The molecule has 522 valence electrons. The molecule has 8 atom stereocenters. The highest BCUT2D eigenvalue weighted by atomic mass is 16.4. The number of aromatic hydroxyl groups is 3. The zero-order valence-corrected chi connectivity index (χ0v) is 54.8. The van der Waals surface area contributed by atoms with Gasteiger partial charge in [0.1, 0.15) is 41.4 Å². The highest BCUT2D eigenvalue weighted by Crippen LogP contribution is 2.22. The lowest BCUT2D eigenvalue weighted by atomic mass is 9.92. The van der Waals surface area contributed by atoms with Crippen LogP contribution in [0.25, 0.3) is 10.9 Å². The number of rotatable bonds is 23. The van der Waals surface area contributed by atoms with E-state index in [1.165, 1.54) is 72.6 Å². The number of Topliss-reactive ketones (excluding diaryl/α,β-unsaturated/α-hetero) is 4. The lowest BCUT2D eigenvalue weighted by Gasteiger charge is -2.30. The first kappa shape index (κ1) is 76.1. The number of hydrazine groups is 1. The van der Waals surface area contributed by atoms with Crippen LogP contribution in [0.5, 0.6) is 17.2 Å². The van der Waals surface area contributed by atoms with Crippen molar-refractivity contribution >= 4 is 81.4 Å². The molecular weight excluding hydrogens is 1250 g/mol. The van der Waals surface area contributed by atoms with E-state index in [2.05, 4.69) is 42.3 Å². The van der Waals surface area contributed by atoms with E-state index in [0.717, 1.165) is 6.92 Å². The zero-order chi connectivity index (χ0) is 70.9. The molecule has 6 rings (SSSR count). The number of aliphatic carboxylic acids is 1. The van der Waals surface area contributed by atoms with Crippen LogP contribution in [0.1, 0.15) is 101 Å². The zero-order valence-electron chi connectivity index (χ0n) is 54.8. The summed E-state index contributed by atoms with van der Waals surface area (Å²) in [6, 6.07) is 13.4. The Morgan fingerprint density at radius 2 is 1.14 bits per heavy atom. The minimum absolute atomic E-state index is 0.0225. The minimum Gasteiger partial charge on any atom is -0.508 e. The Morgan fingerprint density at radius 3 is 1.72 bits per heavy atom. The third kappa shape index (κ3) is 24.4. The van der Waals surface area contributed by atoms with Gasteiger partial charge < -0.3 is 73.1 Å². The number of aliphatic hydroxyl groups excluding tert-OH is 1. The molecule has 7 amide bonds. The number of fused-ring (bicyclic) bond motifs is 1. The van der Waals surface area contributed by atoms with E-state index in [9.17, 15) is 83.1 Å². The quantitative estimate of drug-likeness (QED) is 0.0409. The number of amides is 7. The number of nitrogens with one attached hydrogen (secondary N) is 8. The van der Waals surface area contributed by atoms with Gasteiger partial charge in [0.15, 0.2) is 5.78 Å². The van der Waals surface area contributed by atoms with E-state index in [1.807, 2.05) is 0 Å². The molecular formula is C69H89N11O17. The molecule has 28 nitrogen and oxygen atoms in total.